The average Bonchev–Trinajstić information content (AvgIpc) is 2.85. The first-order valence-corrected chi connectivity index (χ1v) is 7.04. The molecule has 2 atom stereocenters. The molecule has 0 aromatic heterocycles. The number of halogens is 3. The Morgan fingerprint density at radius 1 is 1.48 bits per heavy atom. The number of hydrogen-bond acceptors (Lipinski definition) is 2. The fourth-order valence-electron chi connectivity index (χ4n) is 2.69. The second-order valence-electron chi connectivity index (χ2n) is 5.42. The summed E-state index contributed by atoms with van der Waals surface area (Å²) in [5.41, 5.74) is 5.48. The van der Waals surface area contributed by atoms with Crippen LogP contribution in [0, 0.1) is 0 Å². The van der Waals surface area contributed by atoms with Crippen molar-refractivity contribution in [2.24, 2.45) is 5.73 Å². The maximum Gasteiger partial charge on any atom is 0.416 e. The predicted molar refractivity (Wildman–Crippen MR) is 73.6 cm³/mol. The van der Waals surface area contributed by atoms with Crippen molar-refractivity contribution in [3.8, 4) is 0 Å². The van der Waals surface area contributed by atoms with Gasteiger partial charge in [0.05, 0.1) is 11.5 Å². The molecule has 21 heavy (non-hydrogen) atoms. The van der Waals surface area contributed by atoms with Crippen molar-refractivity contribution in [1.82, 2.24) is 4.90 Å². The molecule has 2 unspecified atom stereocenters. The second kappa shape index (κ2) is 6.05. The number of rotatable bonds is 3. The summed E-state index contributed by atoms with van der Waals surface area (Å²) in [5.74, 6) is -0.678. The molecular formula is C15H19F3N2O. The average molecular weight is 300 g/mol. The zero-order chi connectivity index (χ0) is 15.6. The SMILES string of the molecule is CCC(C(=O)N1CCC(N)C1)c1cccc(C(F)(F)F)c1. The number of nitrogens with two attached hydrogens (primary N) is 1. The van der Waals surface area contributed by atoms with Crippen LogP contribution in [0.5, 0.6) is 0 Å². The van der Waals surface area contributed by atoms with E-state index >= 15 is 0 Å². The van der Waals surface area contributed by atoms with E-state index in [0.29, 0.717) is 25.1 Å². The molecular weight excluding hydrogens is 281 g/mol. The molecule has 1 amide bonds. The van der Waals surface area contributed by atoms with Crippen LogP contribution in [0.3, 0.4) is 0 Å². The summed E-state index contributed by atoms with van der Waals surface area (Å²) in [4.78, 5) is 14.1. The summed E-state index contributed by atoms with van der Waals surface area (Å²) in [6.45, 7) is 2.86. The quantitative estimate of drug-likeness (QED) is 0.933. The zero-order valence-electron chi connectivity index (χ0n) is 11.9. The van der Waals surface area contributed by atoms with Crippen LogP contribution in [0.2, 0.25) is 0 Å². The minimum Gasteiger partial charge on any atom is -0.341 e. The van der Waals surface area contributed by atoms with Crippen LogP contribution >= 0.6 is 0 Å². The lowest BCUT2D eigenvalue weighted by atomic mass is 9.93. The Kier molecular flexibility index (Phi) is 4.56. The van der Waals surface area contributed by atoms with E-state index in [1.54, 1.807) is 17.9 Å². The van der Waals surface area contributed by atoms with Crippen molar-refractivity contribution in [3.63, 3.8) is 0 Å². The van der Waals surface area contributed by atoms with Crippen LogP contribution in [-0.4, -0.2) is 29.9 Å². The lowest BCUT2D eigenvalue weighted by Gasteiger charge is -2.23. The molecule has 1 aromatic rings. The number of nitrogens with zero attached hydrogens (tertiary/aromatic N) is 1. The Hall–Kier alpha value is -1.56. The van der Waals surface area contributed by atoms with Crippen LogP contribution in [0.1, 0.15) is 36.8 Å². The van der Waals surface area contributed by atoms with Gasteiger partial charge in [0, 0.05) is 19.1 Å². The van der Waals surface area contributed by atoms with Gasteiger partial charge in [-0.15, -0.1) is 0 Å². The highest BCUT2D eigenvalue weighted by atomic mass is 19.4. The van der Waals surface area contributed by atoms with Crippen LogP contribution in [0.4, 0.5) is 13.2 Å². The van der Waals surface area contributed by atoms with Gasteiger partial charge in [-0.3, -0.25) is 4.79 Å². The molecule has 0 spiro atoms. The van der Waals surface area contributed by atoms with E-state index in [1.807, 2.05) is 0 Å². The Bertz CT molecular complexity index is 516. The summed E-state index contributed by atoms with van der Waals surface area (Å²) < 4.78 is 38.3. The highest BCUT2D eigenvalue weighted by Gasteiger charge is 2.33. The first-order chi connectivity index (χ1) is 9.82. The molecule has 2 N–H and O–H groups in total. The van der Waals surface area contributed by atoms with Gasteiger partial charge in [0.25, 0.3) is 0 Å². The summed E-state index contributed by atoms with van der Waals surface area (Å²) in [6, 6.07) is 4.99. The van der Waals surface area contributed by atoms with Crippen molar-refractivity contribution >= 4 is 5.91 Å². The largest absolute Gasteiger partial charge is 0.416 e. The monoisotopic (exact) mass is 300 g/mol. The molecule has 1 saturated heterocycles. The third kappa shape index (κ3) is 3.56. The molecule has 0 bridgehead atoms. The van der Waals surface area contributed by atoms with Crippen molar-refractivity contribution in [3.05, 3.63) is 35.4 Å². The van der Waals surface area contributed by atoms with Gasteiger partial charge < -0.3 is 10.6 Å². The number of hydrogen-bond donors (Lipinski definition) is 1. The molecule has 116 valence electrons. The van der Waals surface area contributed by atoms with E-state index in [4.69, 9.17) is 5.73 Å². The fraction of sp³-hybridized carbons (Fsp3) is 0.533. The van der Waals surface area contributed by atoms with Crippen molar-refractivity contribution in [2.75, 3.05) is 13.1 Å². The van der Waals surface area contributed by atoms with Crippen LogP contribution in [0.25, 0.3) is 0 Å². The molecule has 0 aliphatic carbocycles. The third-order valence-corrected chi connectivity index (χ3v) is 3.86. The zero-order valence-corrected chi connectivity index (χ0v) is 11.9. The van der Waals surface area contributed by atoms with E-state index < -0.39 is 17.7 Å². The Balaban J connectivity index is 2.23. The maximum absolute atomic E-state index is 12.8. The molecule has 3 nitrogen and oxygen atoms in total. The van der Waals surface area contributed by atoms with Gasteiger partial charge >= 0.3 is 6.18 Å². The molecule has 1 fully saturated rings. The molecule has 0 radical (unpaired) electrons. The highest BCUT2D eigenvalue weighted by Crippen LogP contribution is 2.32. The summed E-state index contributed by atoms with van der Waals surface area (Å²) in [7, 11) is 0. The summed E-state index contributed by atoms with van der Waals surface area (Å²) >= 11 is 0. The van der Waals surface area contributed by atoms with Gasteiger partial charge in [-0.2, -0.15) is 13.2 Å². The number of amides is 1. The van der Waals surface area contributed by atoms with Crippen molar-refractivity contribution < 1.29 is 18.0 Å². The standard InChI is InChI=1S/C15H19F3N2O/c1-2-13(14(21)20-7-6-12(19)9-20)10-4-3-5-11(8-10)15(16,17)18/h3-5,8,12-13H,2,6-7,9,19H2,1H3. The second-order valence-corrected chi connectivity index (χ2v) is 5.42. The van der Waals surface area contributed by atoms with Crippen LogP contribution in [0.15, 0.2) is 24.3 Å². The molecule has 1 aromatic carbocycles. The minimum absolute atomic E-state index is 0.0343. The molecule has 1 aliphatic rings. The van der Waals surface area contributed by atoms with E-state index in [2.05, 4.69) is 0 Å². The summed E-state index contributed by atoms with van der Waals surface area (Å²) in [6.07, 6.45) is -3.19. The molecule has 6 heteroatoms. The Labute approximate surface area is 121 Å². The number of likely N-dealkylation sites (tertiary alicyclic amines) is 1. The maximum atomic E-state index is 12.8. The number of benzene rings is 1. The number of carbonyl (C=O) groups is 1. The molecule has 1 aliphatic heterocycles. The fourth-order valence-corrected chi connectivity index (χ4v) is 2.69. The van der Waals surface area contributed by atoms with E-state index in [0.717, 1.165) is 18.6 Å². The first-order valence-electron chi connectivity index (χ1n) is 7.04. The van der Waals surface area contributed by atoms with Gasteiger partial charge in [-0.1, -0.05) is 25.1 Å². The molecule has 0 saturated carbocycles. The van der Waals surface area contributed by atoms with Gasteiger partial charge in [0.1, 0.15) is 0 Å². The first kappa shape index (κ1) is 15.8. The number of carbonyl (C=O) groups excluding carboxylic acids is 1. The predicted octanol–water partition coefficient (Wildman–Crippen LogP) is 2.76. The normalized spacial score (nSPS) is 20.6. The third-order valence-electron chi connectivity index (χ3n) is 3.86. The van der Waals surface area contributed by atoms with E-state index in [9.17, 15) is 18.0 Å². The lowest BCUT2D eigenvalue weighted by Crippen LogP contribution is -2.35. The molecule has 2 rings (SSSR count). The smallest absolute Gasteiger partial charge is 0.341 e. The van der Waals surface area contributed by atoms with Crippen LogP contribution < -0.4 is 5.73 Å². The number of alkyl halides is 3. The Morgan fingerprint density at radius 2 is 2.19 bits per heavy atom. The molecule has 1 heterocycles. The van der Waals surface area contributed by atoms with E-state index in [-0.39, 0.29) is 11.9 Å². The van der Waals surface area contributed by atoms with Gasteiger partial charge in [0.15, 0.2) is 0 Å². The van der Waals surface area contributed by atoms with Gasteiger partial charge in [-0.25, -0.2) is 0 Å². The lowest BCUT2D eigenvalue weighted by molar-refractivity contribution is -0.138. The van der Waals surface area contributed by atoms with Gasteiger partial charge in [-0.05, 0) is 24.5 Å². The highest BCUT2D eigenvalue weighted by molar-refractivity contribution is 5.84. The Morgan fingerprint density at radius 3 is 2.71 bits per heavy atom. The summed E-state index contributed by atoms with van der Waals surface area (Å²) in [5, 5.41) is 0. The van der Waals surface area contributed by atoms with Crippen molar-refractivity contribution in [2.45, 2.75) is 37.9 Å². The van der Waals surface area contributed by atoms with Crippen LogP contribution in [-0.2, 0) is 11.0 Å². The van der Waals surface area contributed by atoms with E-state index in [1.165, 1.54) is 6.07 Å². The van der Waals surface area contributed by atoms with Gasteiger partial charge in [0.2, 0.25) is 5.91 Å². The topological polar surface area (TPSA) is 46.3 Å². The minimum atomic E-state index is -4.40. The van der Waals surface area contributed by atoms with Crippen molar-refractivity contribution in [1.29, 1.82) is 0 Å².